The van der Waals surface area contributed by atoms with Gasteiger partial charge >= 0.3 is 0 Å². The molecule has 0 nitrogen and oxygen atoms in total. The van der Waals surface area contributed by atoms with Gasteiger partial charge in [0.05, 0.1) is 0 Å². The first-order valence-corrected chi connectivity index (χ1v) is 7.23. The highest BCUT2D eigenvalue weighted by Gasteiger charge is 2.33. The van der Waals surface area contributed by atoms with Crippen LogP contribution in [0.4, 0.5) is 0 Å². The molecular formula is C12H15IS. The Morgan fingerprint density at radius 1 is 1.29 bits per heavy atom. The van der Waals surface area contributed by atoms with Crippen molar-refractivity contribution in [2.75, 3.05) is 5.75 Å². The van der Waals surface area contributed by atoms with Crippen molar-refractivity contribution in [3.63, 3.8) is 0 Å². The molecule has 1 fully saturated rings. The summed E-state index contributed by atoms with van der Waals surface area (Å²) in [5.74, 6) is 2.28. The standard InChI is InChI=1S/C12H15IS/c1-8-3-9(2)5-11(4-8)14-7-10-6-12(10)13/h3-5,10,12H,6-7H2,1-2H3/t10-,12-/m1/s1. The summed E-state index contributed by atoms with van der Waals surface area (Å²) < 4.78 is 0.950. The van der Waals surface area contributed by atoms with E-state index in [1.807, 2.05) is 11.8 Å². The lowest BCUT2D eigenvalue weighted by Gasteiger charge is -2.03. The predicted octanol–water partition coefficient (Wildman–Crippen LogP) is 4.22. The van der Waals surface area contributed by atoms with Crippen LogP contribution in [0.3, 0.4) is 0 Å². The van der Waals surface area contributed by atoms with E-state index in [9.17, 15) is 0 Å². The van der Waals surface area contributed by atoms with Crippen LogP contribution in [0.25, 0.3) is 0 Å². The molecule has 0 spiro atoms. The van der Waals surface area contributed by atoms with E-state index in [4.69, 9.17) is 0 Å². The SMILES string of the molecule is Cc1cc(C)cc(SC[C@H]2C[C@H]2I)c1. The molecule has 0 N–H and O–H groups in total. The lowest BCUT2D eigenvalue weighted by Crippen LogP contribution is -1.86. The molecule has 0 heterocycles. The van der Waals surface area contributed by atoms with Crippen molar-refractivity contribution in [3.05, 3.63) is 29.3 Å². The van der Waals surface area contributed by atoms with Gasteiger partial charge in [0.2, 0.25) is 0 Å². The molecule has 1 aliphatic rings. The van der Waals surface area contributed by atoms with Crippen molar-refractivity contribution in [2.45, 2.75) is 29.1 Å². The maximum Gasteiger partial charge on any atom is 0.0149 e. The van der Waals surface area contributed by atoms with Crippen molar-refractivity contribution in [1.29, 1.82) is 0 Å². The normalized spacial score (nSPS) is 25.1. The van der Waals surface area contributed by atoms with Gasteiger partial charge in [-0.1, -0.05) is 28.7 Å². The van der Waals surface area contributed by atoms with Gasteiger partial charge in [0.25, 0.3) is 0 Å². The van der Waals surface area contributed by atoms with Gasteiger partial charge in [-0.3, -0.25) is 0 Å². The largest absolute Gasteiger partial charge is 0.126 e. The van der Waals surface area contributed by atoms with Gasteiger partial charge < -0.3 is 0 Å². The zero-order valence-corrected chi connectivity index (χ0v) is 11.6. The van der Waals surface area contributed by atoms with E-state index in [1.165, 1.54) is 28.2 Å². The molecule has 1 aromatic carbocycles. The summed E-state index contributed by atoms with van der Waals surface area (Å²) in [5.41, 5.74) is 2.77. The first kappa shape index (κ1) is 10.8. The quantitative estimate of drug-likeness (QED) is 0.457. The number of alkyl halides is 1. The van der Waals surface area contributed by atoms with Gasteiger partial charge in [0.1, 0.15) is 0 Å². The topological polar surface area (TPSA) is 0 Å². The van der Waals surface area contributed by atoms with Gasteiger partial charge in [-0.25, -0.2) is 0 Å². The van der Waals surface area contributed by atoms with E-state index in [-0.39, 0.29) is 0 Å². The van der Waals surface area contributed by atoms with Gasteiger partial charge in [-0.15, -0.1) is 11.8 Å². The summed E-state index contributed by atoms with van der Waals surface area (Å²) in [4.78, 5) is 1.44. The lowest BCUT2D eigenvalue weighted by atomic mass is 10.2. The number of hydrogen-bond donors (Lipinski definition) is 0. The van der Waals surface area contributed by atoms with E-state index in [0.29, 0.717) is 0 Å². The Bertz CT molecular complexity index is 315. The van der Waals surface area contributed by atoms with Crippen LogP contribution in [0, 0.1) is 19.8 Å². The minimum Gasteiger partial charge on any atom is -0.126 e. The first-order valence-electron chi connectivity index (χ1n) is 5.00. The molecule has 0 radical (unpaired) electrons. The molecule has 0 bridgehead atoms. The summed E-state index contributed by atoms with van der Waals surface area (Å²) in [6.45, 7) is 4.35. The highest BCUT2D eigenvalue weighted by atomic mass is 127. The zero-order valence-electron chi connectivity index (χ0n) is 8.59. The summed E-state index contributed by atoms with van der Waals surface area (Å²) in [5, 5.41) is 0. The number of rotatable bonds is 3. The van der Waals surface area contributed by atoms with E-state index < -0.39 is 0 Å². The second-order valence-corrected chi connectivity index (χ2v) is 6.84. The van der Waals surface area contributed by atoms with Crippen LogP contribution in [0.1, 0.15) is 17.5 Å². The molecule has 0 saturated heterocycles. The summed E-state index contributed by atoms with van der Waals surface area (Å²) in [7, 11) is 0. The Morgan fingerprint density at radius 3 is 2.36 bits per heavy atom. The average molecular weight is 318 g/mol. The van der Waals surface area contributed by atoms with Crippen LogP contribution < -0.4 is 0 Å². The maximum atomic E-state index is 2.56. The zero-order chi connectivity index (χ0) is 10.1. The highest BCUT2D eigenvalue weighted by Crippen LogP contribution is 2.41. The summed E-state index contributed by atoms with van der Waals surface area (Å²) in [6, 6.07) is 6.83. The fraction of sp³-hybridized carbons (Fsp3) is 0.500. The Kier molecular flexibility index (Phi) is 3.42. The Labute approximate surface area is 104 Å². The predicted molar refractivity (Wildman–Crippen MR) is 72.6 cm³/mol. The molecule has 2 atom stereocenters. The van der Waals surface area contributed by atoms with E-state index in [2.05, 4.69) is 54.6 Å². The Morgan fingerprint density at radius 2 is 1.86 bits per heavy atom. The van der Waals surface area contributed by atoms with Gasteiger partial charge in [0, 0.05) is 14.6 Å². The number of aryl methyl sites for hydroxylation is 2. The number of benzene rings is 1. The summed E-state index contributed by atoms with van der Waals surface area (Å²) in [6.07, 6.45) is 1.43. The van der Waals surface area contributed by atoms with E-state index in [1.54, 1.807) is 0 Å². The Balaban J connectivity index is 1.95. The number of halogens is 1. The van der Waals surface area contributed by atoms with Gasteiger partial charge in [-0.05, 0) is 49.4 Å². The molecule has 1 aliphatic carbocycles. The molecule has 1 aromatic rings. The molecule has 0 aromatic heterocycles. The van der Waals surface area contributed by atoms with Crippen LogP contribution in [-0.2, 0) is 0 Å². The molecule has 2 heteroatoms. The first-order chi connectivity index (χ1) is 6.65. The van der Waals surface area contributed by atoms with E-state index >= 15 is 0 Å². The number of thioether (sulfide) groups is 1. The minimum absolute atomic E-state index is 0.950. The molecule has 0 unspecified atom stereocenters. The fourth-order valence-corrected chi connectivity index (χ4v) is 4.17. The van der Waals surface area contributed by atoms with Crippen molar-refractivity contribution in [2.24, 2.45) is 5.92 Å². The molecule has 0 amide bonds. The Hall–Kier alpha value is 0.300. The van der Waals surface area contributed by atoms with Crippen molar-refractivity contribution in [3.8, 4) is 0 Å². The van der Waals surface area contributed by atoms with Gasteiger partial charge in [0.15, 0.2) is 0 Å². The minimum atomic E-state index is 0.950. The second kappa shape index (κ2) is 4.44. The molecule has 1 saturated carbocycles. The van der Waals surface area contributed by atoms with Crippen LogP contribution in [0.5, 0.6) is 0 Å². The summed E-state index contributed by atoms with van der Waals surface area (Å²) >= 11 is 4.58. The van der Waals surface area contributed by atoms with Crippen molar-refractivity contribution < 1.29 is 0 Å². The third kappa shape index (κ3) is 2.89. The molecule has 0 aliphatic heterocycles. The van der Waals surface area contributed by atoms with Crippen molar-refractivity contribution in [1.82, 2.24) is 0 Å². The molecule has 2 rings (SSSR count). The maximum absolute atomic E-state index is 2.56. The fourth-order valence-electron chi connectivity index (χ4n) is 1.60. The lowest BCUT2D eigenvalue weighted by molar-refractivity contribution is 1.01. The van der Waals surface area contributed by atoms with Crippen molar-refractivity contribution >= 4 is 34.4 Å². The highest BCUT2D eigenvalue weighted by molar-refractivity contribution is 14.1. The number of hydrogen-bond acceptors (Lipinski definition) is 1. The molecular weight excluding hydrogens is 303 g/mol. The van der Waals surface area contributed by atoms with Crippen LogP contribution in [0.15, 0.2) is 23.1 Å². The van der Waals surface area contributed by atoms with Gasteiger partial charge in [-0.2, -0.15) is 0 Å². The van der Waals surface area contributed by atoms with Crippen LogP contribution in [-0.4, -0.2) is 9.68 Å². The monoisotopic (exact) mass is 318 g/mol. The second-order valence-electron chi connectivity index (χ2n) is 4.15. The van der Waals surface area contributed by atoms with Crippen LogP contribution >= 0.6 is 34.4 Å². The van der Waals surface area contributed by atoms with E-state index in [0.717, 1.165) is 9.84 Å². The third-order valence-corrected chi connectivity index (χ3v) is 5.19. The average Bonchev–Trinajstić information content (AvgIpc) is 2.77. The smallest absolute Gasteiger partial charge is 0.0149 e. The van der Waals surface area contributed by atoms with Crippen LogP contribution in [0.2, 0.25) is 0 Å². The molecule has 76 valence electrons. The third-order valence-electron chi connectivity index (χ3n) is 2.50. The molecule has 14 heavy (non-hydrogen) atoms.